The Morgan fingerprint density at radius 2 is 1.67 bits per heavy atom. The van der Waals surface area contributed by atoms with E-state index in [0.29, 0.717) is 35.2 Å². The molecule has 0 bridgehead atoms. The number of hydrogen-bond donors (Lipinski definition) is 1. The Morgan fingerprint density at radius 3 is 2.17 bits per heavy atom. The Morgan fingerprint density at radius 1 is 1.07 bits per heavy atom. The summed E-state index contributed by atoms with van der Waals surface area (Å²) < 4.78 is 46.8. The van der Waals surface area contributed by atoms with E-state index in [2.05, 4.69) is 9.93 Å². The predicted molar refractivity (Wildman–Crippen MR) is 115 cm³/mol. The van der Waals surface area contributed by atoms with Crippen LogP contribution in [0.2, 0.25) is 0 Å². The van der Waals surface area contributed by atoms with Crippen molar-refractivity contribution >= 4 is 16.2 Å². The van der Waals surface area contributed by atoms with Gasteiger partial charge in [-0.05, 0) is 56.7 Å². The Bertz CT molecular complexity index is 931. The highest BCUT2D eigenvalue weighted by Gasteiger charge is 2.15. The number of nitrogens with zero attached hydrogens (tertiary/aromatic N) is 1. The normalized spacial score (nSPS) is 11.5. The molecule has 0 heterocycles. The zero-order valence-corrected chi connectivity index (χ0v) is 18.7. The molecular weight excluding hydrogens is 408 g/mol. The molecule has 0 aromatic heterocycles. The van der Waals surface area contributed by atoms with Crippen LogP contribution >= 0.6 is 0 Å². The molecule has 2 aromatic carbocycles. The quantitative estimate of drug-likeness (QED) is 0.427. The number of benzene rings is 2. The lowest BCUT2D eigenvalue weighted by Crippen LogP contribution is -2.18. The molecule has 0 saturated heterocycles. The van der Waals surface area contributed by atoms with E-state index in [1.54, 1.807) is 24.3 Å². The molecule has 0 aliphatic heterocycles. The van der Waals surface area contributed by atoms with E-state index in [9.17, 15) is 8.42 Å². The summed E-state index contributed by atoms with van der Waals surface area (Å²) >= 11 is 0. The summed E-state index contributed by atoms with van der Waals surface area (Å²) in [4.78, 5) is 2.27. The van der Waals surface area contributed by atoms with Crippen molar-refractivity contribution in [3.63, 3.8) is 0 Å². The molecular formula is C21H28N2O6S. The SMILES string of the molecule is CCCOc1c(OC)cc(/C=N/NS(=O)(=O)c2ccc(OC(C)C)cc2)cc1OC. The number of hydrogen-bond acceptors (Lipinski definition) is 7. The fraction of sp³-hybridized carbons (Fsp3) is 0.381. The van der Waals surface area contributed by atoms with Gasteiger partial charge in [0.15, 0.2) is 11.5 Å². The second-order valence-corrected chi connectivity index (χ2v) is 8.25. The Balaban J connectivity index is 2.16. The van der Waals surface area contributed by atoms with Crippen molar-refractivity contribution in [3.8, 4) is 23.0 Å². The van der Waals surface area contributed by atoms with Gasteiger partial charge in [0.05, 0.1) is 38.0 Å². The first kappa shape index (κ1) is 23.3. The first-order chi connectivity index (χ1) is 14.3. The van der Waals surface area contributed by atoms with Crippen LogP contribution in [0.4, 0.5) is 0 Å². The van der Waals surface area contributed by atoms with Gasteiger partial charge in [0.2, 0.25) is 5.75 Å². The lowest BCUT2D eigenvalue weighted by molar-refractivity contribution is 0.242. The highest BCUT2D eigenvalue weighted by Crippen LogP contribution is 2.38. The summed E-state index contributed by atoms with van der Waals surface area (Å²) in [5, 5.41) is 3.86. The summed E-state index contributed by atoms with van der Waals surface area (Å²) in [6, 6.07) is 9.49. The number of hydrazone groups is 1. The molecule has 0 saturated carbocycles. The zero-order chi connectivity index (χ0) is 22.1. The molecule has 2 rings (SSSR count). The monoisotopic (exact) mass is 436 g/mol. The maximum atomic E-state index is 12.4. The molecule has 164 valence electrons. The smallest absolute Gasteiger partial charge is 0.276 e. The van der Waals surface area contributed by atoms with Gasteiger partial charge in [0, 0.05) is 5.56 Å². The van der Waals surface area contributed by atoms with Crippen molar-refractivity contribution in [2.75, 3.05) is 20.8 Å². The number of rotatable bonds is 11. The standard InChI is InChI=1S/C21H28N2O6S/c1-6-11-28-21-19(26-4)12-16(13-20(21)27-5)14-22-23-30(24,25)18-9-7-17(8-10-18)29-15(2)3/h7-10,12-15,23H,6,11H2,1-5H3/b22-14+. The molecule has 30 heavy (non-hydrogen) atoms. The van der Waals surface area contributed by atoms with Gasteiger partial charge in [-0.25, -0.2) is 4.83 Å². The topological polar surface area (TPSA) is 95.5 Å². The highest BCUT2D eigenvalue weighted by molar-refractivity contribution is 7.89. The second-order valence-electron chi connectivity index (χ2n) is 6.59. The van der Waals surface area contributed by atoms with Crippen molar-refractivity contribution in [1.82, 2.24) is 4.83 Å². The van der Waals surface area contributed by atoms with Crippen LogP contribution in [0.15, 0.2) is 46.4 Å². The Hall–Kier alpha value is -2.94. The fourth-order valence-electron chi connectivity index (χ4n) is 2.51. The molecule has 0 spiro atoms. The van der Waals surface area contributed by atoms with Crippen LogP contribution in [0.25, 0.3) is 0 Å². The summed E-state index contributed by atoms with van der Waals surface area (Å²) in [7, 11) is -0.782. The third-order valence-electron chi connectivity index (χ3n) is 3.83. The molecule has 0 amide bonds. The van der Waals surface area contributed by atoms with Crippen molar-refractivity contribution in [1.29, 1.82) is 0 Å². The van der Waals surface area contributed by atoms with E-state index < -0.39 is 10.0 Å². The summed E-state index contributed by atoms with van der Waals surface area (Å²) in [5.74, 6) is 2.01. The summed E-state index contributed by atoms with van der Waals surface area (Å²) in [6.07, 6.45) is 2.20. The van der Waals surface area contributed by atoms with Crippen LogP contribution < -0.4 is 23.8 Å². The minimum Gasteiger partial charge on any atom is -0.493 e. The molecule has 2 aromatic rings. The second kappa shape index (κ2) is 10.7. The molecule has 9 heteroatoms. The molecule has 0 unspecified atom stereocenters. The van der Waals surface area contributed by atoms with E-state index in [-0.39, 0.29) is 11.0 Å². The molecule has 8 nitrogen and oxygen atoms in total. The van der Waals surface area contributed by atoms with Gasteiger partial charge in [0.1, 0.15) is 5.75 Å². The molecule has 1 N–H and O–H groups in total. The van der Waals surface area contributed by atoms with Crippen molar-refractivity contribution in [3.05, 3.63) is 42.0 Å². The Kier molecular flexibility index (Phi) is 8.35. The van der Waals surface area contributed by atoms with E-state index in [4.69, 9.17) is 18.9 Å². The Labute approximate surface area is 177 Å². The van der Waals surface area contributed by atoms with Gasteiger partial charge in [-0.15, -0.1) is 0 Å². The lowest BCUT2D eigenvalue weighted by Gasteiger charge is -2.14. The lowest BCUT2D eigenvalue weighted by atomic mass is 10.2. The van der Waals surface area contributed by atoms with Crippen LogP contribution in [0.5, 0.6) is 23.0 Å². The fourth-order valence-corrected chi connectivity index (χ4v) is 3.30. The largest absolute Gasteiger partial charge is 0.493 e. The average molecular weight is 437 g/mol. The number of methoxy groups -OCH3 is 2. The van der Waals surface area contributed by atoms with E-state index >= 15 is 0 Å². The molecule has 0 fully saturated rings. The third kappa shape index (κ3) is 6.28. The van der Waals surface area contributed by atoms with Crippen LogP contribution in [-0.2, 0) is 10.0 Å². The minimum absolute atomic E-state index is 0.00271. The van der Waals surface area contributed by atoms with Crippen LogP contribution in [0, 0.1) is 0 Å². The van der Waals surface area contributed by atoms with E-state index in [1.165, 1.54) is 32.6 Å². The third-order valence-corrected chi connectivity index (χ3v) is 5.06. The van der Waals surface area contributed by atoms with E-state index in [0.717, 1.165) is 6.42 Å². The summed E-state index contributed by atoms with van der Waals surface area (Å²) in [6.45, 7) is 6.30. The first-order valence-corrected chi connectivity index (χ1v) is 11.0. The molecule has 0 aliphatic rings. The number of nitrogens with one attached hydrogen (secondary N) is 1. The minimum atomic E-state index is -3.82. The van der Waals surface area contributed by atoms with Crippen molar-refractivity contribution in [2.45, 2.75) is 38.2 Å². The van der Waals surface area contributed by atoms with Gasteiger partial charge in [-0.3, -0.25) is 0 Å². The van der Waals surface area contributed by atoms with Gasteiger partial charge in [0.25, 0.3) is 10.0 Å². The van der Waals surface area contributed by atoms with Crippen molar-refractivity contribution in [2.24, 2.45) is 5.10 Å². The zero-order valence-electron chi connectivity index (χ0n) is 17.8. The van der Waals surface area contributed by atoms with Gasteiger partial charge in [-0.1, -0.05) is 6.92 Å². The van der Waals surface area contributed by atoms with E-state index in [1.807, 2.05) is 20.8 Å². The van der Waals surface area contributed by atoms with Crippen molar-refractivity contribution < 1.29 is 27.4 Å². The van der Waals surface area contributed by atoms with Gasteiger partial charge < -0.3 is 18.9 Å². The van der Waals surface area contributed by atoms with Gasteiger partial charge >= 0.3 is 0 Å². The first-order valence-electron chi connectivity index (χ1n) is 9.51. The number of sulfonamides is 1. The maximum absolute atomic E-state index is 12.4. The van der Waals surface area contributed by atoms with Crippen LogP contribution in [0.1, 0.15) is 32.8 Å². The van der Waals surface area contributed by atoms with Crippen LogP contribution in [-0.4, -0.2) is 41.6 Å². The maximum Gasteiger partial charge on any atom is 0.276 e. The molecule has 0 radical (unpaired) electrons. The summed E-state index contributed by atoms with van der Waals surface area (Å²) in [5.41, 5.74) is 0.580. The van der Waals surface area contributed by atoms with Crippen LogP contribution in [0.3, 0.4) is 0 Å². The number of ether oxygens (including phenoxy) is 4. The molecule has 0 atom stereocenters. The predicted octanol–water partition coefficient (Wildman–Crippen LogP) is 3.59. The highest BCUT2D eigenvalue weighted by atomic mass is 32.2. The molecule has 0 aliphatic carbocycles. The average Bonchev–Trinajstić information content (AvgIpc) is 2.71. The van der Waals surface area contributed by atoms with Gasteiger partial charge in [-0.2, -0.15) is 13.5 Å².